The first-order valence-electron chi connectivity index (χ1n) is 14.9. The fraction of sp³-hybridized carbons (Fsp3) is 0.424. The van der Waals surface area contributed by atoms with Gasteiger partial charge in [-0.05, 0) is 77.2 Å². The molecule has 0 radical (unpaired) electrons. The Labute approximate surface area is 275 Å². The summed E-state index contributed by atoms with van der Waals surface area (Å²) in [6, 6.07) is 12.4. The van der Waals surface area contributed by atoms with E-state index in [1.165, 1.54) is 14.0 Å². The van der Waals surface area contributed by atoms with Crippen molar-refractivity contribution in [2.45, 2.75) is 63.9 Å². The lowest BCUT2D eigenvalue weighted by atomic mass is 9.87. The molecule has 1 aromatic heterocycles. The molecular formula is C33H40IN3O8. The van der Waals surface area contributed by atoms with Crippen LogP contribution in [-0.2, 0) is 27.4 Å². The van der Waals surface area contributed by atoms with E-state index in [9.17, 15) is 29.7 Å². The fourth-order valence-corrected chi connectivity index (χ4v) is 6.30. The number of aliphatic hydroxyl groups excluding tert-OH is 3. The molecule has 3 aromatic rings. The predicted molar refractivity (Wildman–Crippen MR) is 177 cm³/mol. The second-order valence-electron chi connectivity index (χ2n) is 11.1. The van der Waals surface area contributed by atoms with Crippen molar-refractivity contribution in [3.8, 4) is 11.5 Å². The van der Waals surface area contributed by atoms with Crippen LogP contribution in [0.4, 0.5) is 0 Å². The van der Waals surface area contributed by atoms with Crippen molar-refractivity contribution < 1.29 is 39.2 Å². The van der Waals surface area contributed by atoms with Gasteiger partial charge in [0.1, 0.15) is 18.0 Å². The number of carbonyl (C=O) groups is 3. The minimum Gasteiger partial charge on any atom is -0.493 e. The van der Waals surface area contributed by atoms with Crippen LogP contribution < -0.4 is 14.8 Å². The molecule has 0 bridgehead atoms. The number of nitrogens with zero attached hydrogens (tertiary/aromatic N) is 1. The number of rotatable bonds is 15. The molecule has 4 rings (SSSR count). The number of fused-ring (bicyclic) bond motifs is 1. The zero-order valence-corrected chi connectivity index (χ0v) is 27.6. The van der Waals surface area contributed by atoms with Crippen molar-refractivity contribution >= 4 is 51.1 Å². The molecule has 1 heterocycles. The second kappa shape index (κ2) is 16.2. The smallest absolute Gasteiger partial charge is 0.247 e. The minimum atomic E-state index is -1.23. The van der Waals surface area contributed by atoms with Crippen molar-refractivity contribution in [3.63, 3.8) is 0 Å². The normalized spacial score (nSPS) is 17.9. The quantitative estimate of drug-likeness (QED) is 0.149. The van der Waals surface area contributed by atoms with E-state index in [1.807, 2.05) is 30.3 Å². The molecule has 11 nitrogen and oxygen atoms in total. The van der Waals surface area contributed by atoms with Gasteiger partial charge in [0.25, 0.3) is 0 Å². The van der Waals surface area contributed by atoms with Crippen molar-refractivity contribution in [1.82, 2.24) is 15.2 Å². The number of Topliss-reactive ketones (excluding diaryl/α,β-unsaturated/α-hetero) is 1. The van der Waals surface area contributed by atoms with E-state index in [2.05, 4.69) is 32.9 Å². The van der Waals surface area contributed by atoms with Crippen LogP contribution in [0.15, 0.2) is 54.1 Å². The van der Waals surface area contributed by atoms with Crippen LogP contribution in [-0.4, -0.2) is 87.9 Å². The van der Waals surface area contributed by atoms with E-state index in [0.717, 1.165) is 16.6 Å². The Kier molecular flexibility index (Phi) is 12.4. The van der Waals surface area contributed by atoms with Gasteiger partial charge in [-0.2, -0.15) is 0 Å². The number of carbonyl (C=O) groups excluding carboxylic acids is 3. The lowest BCUT2D eigenvalue weighted by Gasteiger charge is -2.40. The molecule has 3 atom stereocenters. The van der Waals surface area contributed by atoms with E-state index in [1.54, 1.807) is 23.1 Å². The highest BCUT2D eigenvalue weighted by molar-refractivity contribution is 14.1. The molecule has 242 valence electrons. The molecule has 0 saturated carbocycles. The lowest BCUT2D eigenvalue weighted by molar-refractivity contribution is -0.138. The number of H-pyrrole nitrogens is 1. The molecule has 0 fully saturated rings. The van der Waals surface area contributed by atoms with Gasteiger partial charge in [0.2, 0.25) is 11.8 Å². The average Bonchev–Trinajstić information content (AvgIpc) is 3.44. The van der Waals surface area contributed by atoms with Gasteiger partial charge in [0.05, 0.1) is 29.9 Å². The highest BCUT2D eigenvalue weighted by Gasteiger charge is 2.40. The Morgan fingerprint density at radius 2 is 1.91 bits per heavy atom. The van der Waals surface area contributed by atoms with Crippen LogP contribution in [0.3, 0.4) is 0 Å². The van der Waals surface area contributed by atoms with E-state index < -0.39 is 24.2 Å². The Hall–Kier alpha value is -3.46. The van der Waals surface area contributed by atoms with Gasteiger partial charge in [-0.1, -0.05) is 18.2 Å². The van der Waals surface area contributed by atoms with Crippen LogP contribution in [0.2, 0.25) is 0 Å². The second-order valence-corrected chi connectivity index (χ2v) is 12.2. The maximum atomic E-state index is 13.8. The number of ether oxygens (including phenoxy) is 2. The highest BCUT2D eigenvalue weighted by atomic mass is 127. The number of para-hydroxylation sites is 1. The van der Waals surface area contributed by atoms with Gasteiger partial charge in [-0.15, -0.1) is 0 Å². The zero-order chi connectivity index (χ0) is 32.5. The zero-order valence-electron chi connectivity index (χ0n) is 25.4. The van der Waals surface area contributed by atoms with Crippen molar-refractivity contribution in [2.75, 3.05) is 26.8 Å². The maximum absolute atomic E-state index is 13.8. The molecule has 0 unspecified atom stereocenters. The summed E-state index contributed by atoms with van der Waals surface area (Å²) in [6.07, 6.45) is 0.527. The van der Waals surface area contributed by atoms with E-state index in [-0.39, 0.29) is 57.3 Å². The summed E-state index contributed by atoms with van der Waals surface area (Å²) in [5, 5.41) is 34.4. The third-order valence-corrected chi connectivity index (χ3v) is 8.59. The summed E-state index contributed by atoms with van der Waals surface area (Å²) in [7, 11) is 1.47. The van der Waals surface area contributed by atoms with Gasteiger partial charge >= 0.3 is 0 Å². The van der Waals surface area contributed by atoms with Gasteiger partial charge in [-0.3, -0.25) is 9.59 Å². The number of aromatic amines is 1. The largest absolute Gasteiger partial charge is 0.493 e. The number of aromatic nitrogens is 1. The topological polar surface area (TPSA) is 161 Å². The standard InChI is InChI=1S/C33H40IN3O8/c1-20(40)6-5-9-30(41)37(12-10-24-16-22-7-3-4-8-26(22)36-24)27-17-23(33(43)35-11-13-38)18-28(31(27)42)45-32-25(34)14-21(19-39)15-29(32)44-2/h3-4,7-8,14-16,18,27-28,31,36,38-39,42H,5-6,9-13,17,19H2,1-2H3,(H,35,43)/t27-,28+,31+/m1/s1. The molecule has 0 spiro atoms. The Morgan fingerprint density at radius 3 is 2.60 bits per heavy atom. The molecule has 0 aliphatic heterocycles. The first-order chi connectivity index (χ1) is 21.6. The van der Waals surface area contributed by atoms with E-state index in [0.29, 0.717) is 39.0 Å². The molecule has 2 aromatic carbocycles. The molecule has 5 N–H and O–H groups in total. The number of nitrogens with one attached hydrogen (secondary N) is 2. The predicted octanol–water partition coefficient (Wildman–Crippen LogP) is 3.02. The van der Waals surface area contributed by atoms with Crippen molar-refractivity contribution in [2.24, 2.45) is 0 Å². The van der Waals surface area contributed by atoms with Gasteiger partial charge in [0, 0.05) is 55.6 Å². The van der Waals surface area contributed by atoms with Crippen molar-refractivity contribution in [3.05, 3.63) is 68.9 Å². The molecular weight excluding hydrogens is 693 g/mol. The summed E-state index contributed by atoms with van der Waals surface area (Å²) in [5.74, 6) is -0.0297. The maximum Gasteiger partial charge on any atom is 0.247 e. The molecule has 0 saturated heterocycles. The summed E-state index contributed by atoms with van der Waals surface area (Å²) in [5.41, 5.74) is 2.80. The summed E-state index contributed by atoms with van der Waals surface area (Å²) in [6.45, 7) is 1.32. The van der Waals surface area contributed by atoms with Crippen LogP contribution in [0.5, 0.6) is 11.5 Å². The first kappa shape index (κ1) is 34.4. The number of aliphatic hydroxyl groups is 3. The van der Waals surface area contributed by atoms with E-state index >= 15 is 0 Å². The minimum absolute atomic E-state index is 0.0138. The Balaban J connectivity index is 1.68. The van der Waals surface area contributed by atoms with Crippen LogP contribution in [0, 0.1) is 3.57 Å². The molecule has 1 aliphatic rings. The monoisotopic (exact) mass is 733 g/mol. The Morgan fingerprint density at radius 1 is 1.13 bits per heavy atom. The third kappa shape index (κ3) is 8.84. The molecule has 1 aliphatic carbocycles. The molecule has 45 heavy (non-hydrogen) atoms. The SMILES string of the molecule is COc1cc(CO)cc(I)c1O[C@H]1C=C(C(=O)NCCO)C[C@@H](N(CCc2cc3ccccc3[nH]2)C(=O)CCCC(C)=O)[C@@H]1O. The number of halogens is 1. The third-order valence-electron chi connectivity index (χ3n) is 7.79. The van der Waals surface area contributed by atoms with Gasteiger partial charge < -0.3 is 44.8 Å². The van der Waals surface area contributed by atoms with E-state index in [4.69, 9.17) is 9.47 Å². The lowest BCUT2D eigenvalue weighted by Crippen LogP contribution is -2.55. The first-order valence-corrected chi connectivity index (χ1v) is 16.0. The van der Waals surface area contributed by atoms with Crippen LogP contribution in [0.1, 0.15) is 43.9 Å². The van der Waals surface area contributed by atoms with Crippen molar-refractivity contribution in [1.29, 1.82) is 0 Å². The van der Waals surface area contributed by atoms with Gasteiger partial charge in [0.15, 0.2) is 11.5 Å². The average molecular weight is 734 g/mol. The number of ketones is 1. The summed E-state index contributed by atoms with van der Waals surface area (Å²) >= 11 is 2.05. The number of hydrogen-bond donors (Lipinski definition) is 5. The van der Waals surface area contributed by atoms with Gasteiger partial charge in [-0.25, -0.2) is 0 Å². The Bertz CT molecular complexity index is 1500. The number of methoxy groups -OCH3 is 1. The summed E-state index contributed by atoms with van der Waals surface area (Å²) in [4.78, 5) is 43.5. The van der Waals surface area contributed by atoms with Crippen LogP contribution >= 0.6 is 22.6 Å². The number of benzene rings is 2. The summed E-state index contributed by atoms with van der Waals surface area (Å²) < 4.78 is 12.5. The number of amides is 2. The van der Waals surface area contributed by atoms with Crippen LogP contribution in [0.25, 0.3) is 10.9 Å². The fourth-order valence-electron chi connectivity index (χ4n) is 5.51. The highest BCUT2D eigenvalue weighted by Crippen LogP contribution is 2.37. The molecule has 2 amide bonds. The number of hydrogen-bond acceptors (Lipinski definition) is 8. The molecule has 12 heteroatoms.